The summed E-state index contributed by atoms with van der Waals surface area (Å²) in [7, 11) is 0. The van der Waals surface area contributed by atoms with Crippen molar-refractivity contribution in [1.29, 1.82) is 0 Å². The van der Waals surface area contributed by atoms with Gasteiger partial charge < -0.3 is 9.84 Å². The van der Waals surface area contributed by atoms with Crippen molar-refractivity contribution in [1.82, 2.24) is 0 Å². The van der Waals surface area contributed by atoms with E-state index in [1.54, 1.807) is 19.1 Å². The van der Waals surface area contributed by atoms with Gasteiger partial charge in [0.15, 0.2) is 10.9 Å². The summed E-state index contributed by atoms with van der Waals surface area (Å²) < 4.78 is 5.74. The number of aliphatic hydroxyl groups excluding tert-OH is 1. The molecule has 1 aromatic carbocycles. The van der Waals surface area contributed by atoms with Gasteiger partial charge in [-0.3, -0.25) is 9.59 Å². The van der Waals surface area contributed by atoms with Crippen LogP contribution in [-0.2, 0) is 11.2 Å². The van der Waals surface area contributed by atoms with Crippen molar-refractivity contribution in [3.63, 3.8) is 0 Å². The Hall–Kier alpha value is -1.52. The van der Waals surface area contributed by atoms with E-state index in [0.717, 1.165) is 12.0 Å². The zero-order chi connectivity index (χ0) is 14.7. The van der Waals surface area contributed by atoms with E-state index in [1.807, 2.05) is 0 Å². The predicted molar refractivity (Wildman–Crippen MR) is 77.0 cm³/mol. The Kier molecular flexibility index (Phi) is 4.68. The molecule has 20 heavy (non-hydrogen) atoms. The summed E-state index contributed by atoms with van der Waals surface area (Å²) in [6.45, 7) is 3.73. The van der Waals surface area contributed by atoms with Gasteiger partial charge in [0.05, 0.1) is 18.8 Å². The average molecular weight is 276 g/mol. The van der Waals surface area contributed by atoms with E-state index in [1.165, 1.54) is 12.1 Å². The van der Waals surface area contributed by atoms with Crippen LogP contribution in [0.15, 0.2) is 33.9 Å². The maximum atomic E-state index is 11.8. The molecule has 1 aliphatic heterocycles. The normalized spacial score (nSPS) is 25.6. The third kappa shape index (κ3) is 3.52. The Morgan fingerprint density at radius 1 is 1.30 bits per heavy atom. The first-order valence-corrected chi connectivity index (χ1v) is 6.91. The molecule has 2 rings (SSSR count). The zero-order valence-corrected chi connectivity index (χ0v) is 11.8. The van der Waals surface area contributed by atoms with Crippen LogP contribution in [0.5, 0.6) is 0 Å². The van der Waals surface area contributed by atoms with E-state index in [0.29, 0.717) is 17.9 Å². The molecule has 3 unspecified atom stereocenters. The summed E-state index contributed by atoms with van der Waals surface area (Å²) in [5.74, 6) is 0.329. The highest BCUT2D eigenvalue weighted by Crippen LogP contribution is 2.27. The van der Waals surface area contributed by atoms with Crippen molar-refractivity contribution >= 4 is 0 Å². The second kappa shape index (κ2) is 6.29. The Bertz CT molecular complexity index is 597. The lowest BCUT2D eigenvalue weighted by Crippen LogP contribution is -2.19. The summed E-state index contributed by atoms with van der Waals surface area (Å²) in [6.07, 6.45) is 1.27. The van der Waals surface area contributed by atoms with Crippen LogP contribution in [0.3, 0.4) is 0 Å². The van der Waals surface area contributed by atoms with E-state index in [9.17, 15) is 9.59 Å². The Labute approximate surface area is 118 Å². The first-order chi connectivity index (χ1) is 9.49. The second-order valence-electron chi connectivity index (χ2n) is 5.54. The summed E-state index contributed by atoms with van der Waals surface area (Å²) in [6, 6.07) is 6.10. The molecule has 1 saturated heterocycles. The molecule has 0 aromatic heterocycles. The van der Waals surface area contributed by atoms with Gasteiger partial charge in [0, 0.05) is 5.56 Å². The largest absolute Gasteiger partial charge is 0.394 e. The Morgan fingerprint density at radius 3 is 2.70 bits per heavy atom. The summed E-state index contributed by atoms with van der Waals surface area (Å²) in [5, 5.41) is 9.14. The molecule has 1 aliphatic rings. The molecule has 0 bridgehead atoms. The van der Waals surface area contributed by atoms with Gasteiger partial charge >= 0.3 is 0 Å². The first-order valence-electron chi connectivity index (χ1n) is 6.91. The van der Waals surface area contributed by atoms with E-state index in [-0.39, 0.29) is 29.7 Å². The molecule has 108 valence electrons. The number of ether oxygens (including phenoxy) is 1. The molecule has 0 saturated carbocycles. The lowest BCUT2D eigenvalue weighted by molar-refractivity contribution is 0.00669. The van der Waals surface area contributed by atoms with Gasteiger partial charge in [-0.25, -0.2) is 0 Å². The van der Waals surface area contributed by atoms with Gasteiger partial charge in [-0.15, -0.1) is 0 Å². The SMILES string of the molecule is Cc1cc(=O)cc(CC2OC(CO)CC2C)ccc1=O. The maximum Gasteiger partial charge on any atom is 0.181 e. The summed E-state index contributed by atoms with van der Waals surface area (Å²) >= 11 is 0. The molecule has 0 radical (unpaired) electrons. The molecule has 0 spiro atoms. The topological polar surface area (TPSA) is 63.6 Å². The monoisotopic (exact) mass is 276 g/mol. The lowest BCUT2D eigenvalue weighted by Gasteiger charge is -2.14. The van der Waals surface area contributed by atoms with Crippen molar-refractivity contribution in [2.75, 3.05) is 6.61 Å². The lowest BCUT2D eigenvalue weighted by atomic mass is 9.96. The fourth-order valence-electron chi connectivity index (χ4n) is 2.60. The van der Waals surface area contributed by atoms with Gasteiger partial charge in [-0.2, -0.15) is 0 Å². The van der Waals surface area contributed by atoms with E-state index >= 15 is 0 Å². The van der Waals surface area contributed by atoms with E-state index in [2.05, 4.69) is 6.92 Å². The highest BCUT2D eigenvalue weighted by atomic mass is 16.5. The minimum Gasteiger partial charge on any atom is -0.394 e. The van der Waals surface area contributed by atoms with Crippen LogP contribution >= 0.6 is 0 Å². The van der Waals surface area contributed by atoms with Crippen LogP contribution in [0.25, 0.3) is 0 Å². The third-order valence-electron chi connectivity index (χ3n) is 3.80. The van der Waals surface area contributed by atoms with Gasteiger partial charge in [0.25, 0.3) is 0 Å². The summed E-state index contributed by atoms with van der Waals surface area (Å²) in [4.78, 5) is 23.4. The highest BCUT2D eigenvalue weighted by Gasteiger charge is 2.31. The first kappa shape index (κ1) is 14.9. The molecule has 3 atom stereocenters. The molecule has 1 fully saturated rings. The Balaban J connectivity index is 2.24. The molecular formula is C16H20O4. The molecule has 0 amide bonds. The fraction of sp³-hybridized carbons (Fsp3) is 0.500. The highest BCUT2D eigenvalue weighted by molar-refractivity contribution is 5.19. The van der Waals surface area contributed by atoms with Gasteiger partial charge in [0.2, 0.25) is 0 Å². The minimum absolute atomic E-state index is 0.0181. The number of aryl methyl sites for hydroxylation is 1. The predicted octanol–water partition coefficient (Wildman–Crippen LogP) is 1.04. The van der Waals surface area contributed by atoms with Crippen molar-refractivity contribution < 1.29 is 9.84 Å². The van der Waals surface area contributed by atoms with Gasteiger partial charge in [-0.05, 0) is 49.4 Å². The second-order valence-corrected chi connectivity index (χ2v) is 5.54. The quantitative estimate of drug-likeness (QED) is 0.896. The van der Waals surface area contributed by atoms with Crippen LogP contribution in [-0.4, -0.2) is 23.9 Å². The number of rotatable bonds is 3. The molecule has 1 heterocycles. The zero-order valence-electron chi connectivity index (χ0n) is 11.8. The molecular weight excluding hydrogens is 256 g/mol. The molecule has 1 N–H and O–H groups in total. The Morgan fingerprint density at radius 2 is 2.05 bits per heavy atom. The van der Waals surface area contributed by atoms with Gasteiger partial charge in [0.1, 0.15) is 0 Å². The van der Waals surface area contributed by atoms with Crippen molar-refractivity contribution in [3.05, 3.63) is 55.8 Å². The smallest absolute Gasteiger partial charge is 0.181 e. The van der Waals surface area contributed by atoms with Crippen LogP contribution in [0.2, 0.25) is 0 Å². The average Bonchev–Trinajstić information content (AvgIpc) is 2.75. The molecule has 1 aromatic rings. The number of hydrogen-bond acceptors (Lipinski definition) is 4. The van der Waals surface area contributed by atoms with Gasteiger partial charge in [-0.1, -0.05) is 13.0 Å². The van der Waals surface area contributed by atoms with Crippen molar-refractivity contribution in [3.8, 4) is 0 Å². The maximum absolute atomic E-state index is 11.8. The number of aliphatic hydroxyl groups is 1. The van der Waals surface area contributed by atoms with Crippen LogP contribution in [0.4, 0.5) is 0 Å². The standard InChI is InChI=1S/C16H20O4/c1-10-5-13(18)7-12(3-4-15(10)19)8-16-11(2)6-14(9-17)20-16/h3-5,7,11,14,16-17H,6,8-9H2,1-2H3. The third-order valence-corrected chi connectivity index (χ3v) is 3.80. The molecule has 4 nitrogen and oxygen atoms in total. The minimum atomic E-state index is -0.167. The van der Waals surface area contributed by atoms with Crippen LogP contribution in [0.1, 0.15) is 24.5 Å². The van der Waals surface area contributed by atoms with Crippen molar-refractivity contribution in [2.24, 2.45) is 5.92 Å². The van der Waals surface area contributed by atoms with E-state index in [4.69, 9.17) is 9.84 Å². The van der Waals surface area contributed by atoms with Crippen LogP contribution in [0, 0.1) is 12.8 Å². The molecule has 4 heteroatoms. The fourth-order valence-corrected chi connectivity index (χ4v) is 2.60. The van der Waals surface area contributed by atoms with Crippen molar-refractivity contribution in [2.45, 2.75) is 38.9 Å². The van der Waals surface area contributed by atoms with E-state index < -0.39 is 0 Å². The summed E-state index contributed by atoms with van der Waals surface area (Å²) in [5.41, 5.74) is 0.937. The molecule has 0 aliphatic carbocycles. The van der Waals surface area contributed by atoms with Crippen LogP contribution < -0.4 is 10.9 Å². The number of hydrogen-bond donors (Lipinski definition) is 1.